The van der Waals surface area contributed by atoms with Crippen LogP contribution in [0.5, 0.6) is 0 Å². The van der Waals surface area contributed by atoms with Gasteiger partial charge in [0, 0.05) is 19.4 Å². The van der Waals surface area contributed by atoms with E-state index in [-0.39, 0.29) is 6.29 Å². The number of hydrogen-bond acceptors (Lipinski definition) is 17. The van der Waals surface area contributed by atoms with Crippen LogP contribution in [0.15, 0.2) is 0 Å². The van der Waals surface area contributed by atoms with Gasteiger partial charge in [-0.3, -0.25) is 9.11 Å². The maximum absolute atomic E-state index is 12.1. The number of hydrogen-bond donors (Lipinski definition) is 6. The highest BCUT2D eigenvalue weighted by atomic mass is 32.3. The van der Waals surface area contributed by atoms with Gasteiger partial charge in [0.15, 0.2) is 25.0 Å². The zero-order chi connectivity index (χ0) is 31.6. The van der Waals surface area contributed by atoms with Crippen molar-refractivity contribution >= 4 is 33.1 Å². The molecule has 22 heteroatoms. The van der Waals surface area contributed by atoms with Gasteiger partial charge in [0.2, 0.25) is 0 Å². The van der Waals surface area contributed by atoms with Gasteiger partial charge >= 0.3 is 26.8 Å². The van der Waals surface area contributed by atoms with Gasteiger partial charge in [-0.05, 0) is 0 Å². The number of carbonyl (C=O) groups is 2. The number of aliphatic carboxylic acids is 1. The zero-order valence-electron chi connectivity index (χ0n) is 21.9. The Morgan fingerprint density at radius 1 is 0.881 bits per heavy atom. The van der Waals surface area contributed by atoms with Gasteiger partial charge in [0.05, 0.1) is 19.3 Å². The topological polar surface area (TPSA) is 298 Å². The highest BCUT2D eigenvalue weighted by Crippen LogP contribution is 2.34. The molecule has 0 radical (unpaired) electrons. The van der Waals surface area contributed by atoms with E-state index in [2.05, 4.69) is 8.37 Å². The van der Waals surface area contributed by atoms with Crippen LogP contribution >= 0.6 is 0 Å². The minimum absolute atomic E-state index is 0.179. The summed E-state index contributed by atoms with van der Waals surface area (Å²) in [7, 11) is -8.66. The Kier molecular flexibility index (Phi) is 11.7. The Balaban J connectivity index is 1.73. The largest absolute Gasteiger partial charge is 0.479 e. The Labute approximate surface area is 239 Å². The Hall–Kier alpha value is -1.48. The van der Waals surface area contributed by atoms with Gasteiger partial charge < -0.3 is 53.6 Å². The van der Waals surface area contributed by atoms with Crippen LogP contribution in [-0.2, 0) is 67.2 Å². The number of carbonyl (C=O) groups excluding carboxylic acids is 1. The van der Waals surface area contributed by atoms with E-state index in [4.69, 9.17) is 37.5 Å². The molecule has 0 bridgehead atoms. The molecule has 6 N–H and O–H groups in total. The molecule has 5 unspecified atom stereocenters. The number of methoxy groups -OCH3 is 1. The maximum atomic E-state index is 12.1. The molecule has 20 nitrogen and oxygen atoms in total. The lowest BCUT2D eigenvalue weighted by molar-refractivity contribution is -0.334. The van der Waals surface area contributed by atoms with Crippen LogP contribution in [0.1, 0.15) is 13.3 Å². The van der Waals surface area contributed by atoms with Gasteiger partial charge in [0.25, 0.3) is 0 Å². The van der Waals surface area contributed by atoms with E-state index >= 15 is 0 Å². The Morgan fingerprint density at radius 2 is 1.45 bits per heavy atom. The first-order valence-electron chi connectivity index (χ1n) is 12.2. The number of carboxylic acids is 1. The second-order valence-corrected chi connectivity index (χ2v) is 11.8. The normalized spacial score (nSPS) is 41.5. The monoisotopic (exact) mass is 656 g/mol. The molecule has 0 aromatic carbocycles. The van der Waals surface area contributed by atoms with E-state index in [1.165, 1.54) is 14.0 Å². The molecular weight excluding hydrogens is 624 g/mol. The Morgan fingerprint density at radius 3 is 1.95 bits per heavy atom. The van der Waals surface area contributed by atoms with Crippen LogP contribution < -0.4 is 0 Å². The van der Waals surface area contributed by atoms with Crippen molar-refractivity contribution in [2.24, 2.45) is 5.92 Å². The molecule has 3 rings (SSSR count). The molecule has 0 aliphatic carbocycles. The van der Waals surface area contributed by atoms with Crippen molar-refractivity contribution in [3.05, 3.63) is 0 Å². The summed E-state index contributed by atoms with van der Waals surface area (Å²) < 4.78 is 103. The lowest BCUT2D eigenvalue weighted by atomic mass is 9.92. The number of rotatable bonds is 13. The molecule has 0 aromatic heterocycles. The van der Waals surface area contributed by atoms with Crippen molar-refractivity contribution in [1.82, 2.24) is 0 Å². The van der Waals surface area contributed by atoms with Crippen LogP contribution in [0.2, 0.25) is 0 Å². The third-order valence-electron chi connectivity index (χ3n) is 6.77. The van der Waals surface area contributed by atoms with E-state index in [9.17, 15) is 46.9 Å². The van der Waals surface area contributed by atoms with Crippen molar-refractivity contribution < 1.29 is 92.7 Å². The van der Waals surface area contributed by atoms with E-state index < -0.39 is 126 Å². The molecule has 0 spiro atoms. The molecule has 3 aliphatic heterocycles. The molecule has 0 saturated carbocycles. The summed E-state index contributed by atoms with van der Waals surface area (Å²) in [6, 6.07) is 0. The average Bonchev–Trinajstić information content (AvgIpc) is 3.19. The fraction of sp³-hybridized carbons (Fsp3) is 0.900. The highest BCUT2D eigenvalue weighted by Gasteiger charge is 2.52. The van der Waals surface area contributed by atoms with E-state index in [1.807, 2.05) is 0 Å². The molecule has 13 atom stereocenters. The number of carboxylic acid groups (broad SMARTS) is 1. The summed E-state index contributed by atoms with van der Waals surface area (Å²) in [5, 5.41) is 41.5. The minimum Gasteiger partial charge on any atom is -0.479 e. The number of ether oxygens (including phenoxy) is 6. The summed E-state index contributed by atoms with van der Waals surface area (Å²) in [4.78, 5) is 23.3. The molecule has 42 heavy (non-hydrogen) atoms. The van der Waals surface area contributed by atoms with E-state index in [0.717, 1.165) is 0 Å². The minimum atomic E-state index is -4.96. The van der Waals surface area contributed by atoms with E-state index in [0.29, 0.717) is 0 Å². The number of aliphatic hydroxyl groups excluding tert-OH is 3. The van der Waals surface area contributed by atoms with Gasteiger partial charge in [-0.25, -0.2) is 13.2 Å². The zero-order valence-corrected chi connectivity index (χ0v) is 23.6. The fourth-order valence-corrected chi connectivity index (χ4v) is 5.32. The maximum Gasteiger partial charge on any atom is 0.397 e. The predicted octanol–water partition coefficient (Wildman–Crippen LogP) is -3.98. The van der Waals surface area contributed by atoms with Crippen molar-refractivity contribution in [1.29, 1.82) is 0 Å². The molecule has 3 aliphatic rings. The predicted molar refractivity (Wildman–Crippen MR) is 127 cm³/mol. The molecule has 0 aromatic rings. The third-order valence-corrected chi connectivity index (χ3v) is 7.64. The second kappa shape index (κ2) is 14.1. The average molecular weight is 657 g/mol. The van der Waals surface area contributed by atoms with E-state index in [1.54, 1.807) is 0 Å². The van der Waals surface area contributed by atoms with Crippen LogP contribution in [0, 0.1) is 5.92 Å². The van der Waals surface area contributed by atoms with Crippen molar-refractivity contribution in [2.75, 3.05) is 20.3 Å². The second-order valence-electron chi connectivity index (χ2n) is 9.62. The van der Waals surface area contributed by atoms with Crippen LogP contribution in [0.25, 0.3) is 0 Å². The highest BCUT2D eigenvalue weighted by molar-refractivity contribution is 7.81. The summed E-state index contributed by atoms with van der Waals surface area (Å²) in [5.41, 5.74) is 0. The first-order chi connectivity index (χ1) is 19.5. The van der Waals surface area contributed by atoms with Crippen molar-refractivity contribution in [3.8, 4) is 0 Å². The molecule has 3 saturated heterocycles. The summed E-state index contributed by atoms with van der Waals surface area (Å²) in [5.74, 6) is -2.52. The third kappa shape index (κ3) is 8.80. The summed E-state index contributed by atoms with van der Waals surface area (Å²) in [6.45, 7) is -0.284. The quantitative estimate of drug-likeness (QED) is 0.0813. The molecule has 0 amide bonds. The lowest BCUT2D eigenvalue weighted by Crippen LogP contribution is -2.60. The summed E-state index contributed by atoms with van der Waals surface area (Å²) >= 11 is 0. The van der Waals surface area contributed by atoms with Crippen LogP contribution in [0.3, 0.4) is 0 Å². The van der Waals surface area contributed by atoms with Crippen molar-refractivity contribution in [3.63, 3.8) is 0 Å². The first-order valence-corrected chi connectivity index (χ1v) is 14.9. The number of aliphatic hydroxyl groups is 3. The smallest absolute Gasteiger partial charge is 0.397 e. The first kappa shape index (κ1) is 35.0. The molecular formula is C20H32O20S2. The lowest BCUT2D eigenvalue weighted by Gasteiger charge is -2.45. The van der Waals surface area contributed by atoms with Gasteiger partial charge in [-0.1, -0.05) is 6.92 Å². The number of aldehydes is 1. The van der Waals surface area contributed by atoms with Crippen LogP contribution in [0.4, 0.5) is 0 Å². The Bertz CT molecular complexity index is 1150. The van der Waals surface area contributed by atoms with Gasteiger partial charge in [0.1, 0.15) is 48.8 Å². The standard InChI is InChI=1S/C20H32O20S2/c1-7-13(23)15(33-2)11(5-34-41(27,28)29)38-19(7)37-9-3-8(22)20(40-17(9)18(25)26)39-16-12(6-35-42(30,31)32)36-10(4-21)14(16)24/h4,7-17,19-20,22-24H,3,5-6H2,1-2H3,(H,25,26)(H,27,28,29)(H,30,31,32)/t7?,8?,9-,10-,11?,12+,13+,14-,15+,16?,17?,19+,20+/m0/s1. The molecule has 3 fully saturated rings. The SMILES string of the molecule is CO[C@@H]1C(COS(=O)(=O)O)O[C@@H](O[C@H]2CC(O)[C@H](OC3[C@@H](O)[C@H](C=O)O[C@@H]3COS(=O)(=O)O)OC2C(=O)O)C(C)[C@H]1O. The fourth-order valence-electron chi connectivity index (χ4n) is 4.71. The molecule has 3 heterocycles. The molecule has 244 valence electrons. The summed E-state index contributed by atoms with van der Waals surface area (Å²) in [6.07, 6.45) is -18.7. The van der Waals surface area contributed by atoms with Crippen molar-refractivity contribution in [2.45, 2.75) is 87.0 Å². The van der Waals surface area contributed by atoms with Gasteiger partial charge in [-0.15, -0.1) is 0 Å². The van der Waals surface area contributed by atoms with Crippen LogP contribution in [-0.4, -0.2) is 153 Å². The van der Waals surface area contributed by atoms with Gasteiger partial charge in [-0.2, -0.15) is 16.8 Å².